The number of ether oxygens (including phenoxy) is 1. The second kappa shape index (κ2) is 7.40. The number of carboxylic acids is 2. The van der Waals surface area contributed by atoms with Crippen molar-refractivity contribution in [1.82, 2.24) is 19.5 Å². The minimum absolute atomic E-state index is 0.0693. The van der Waals surface area contributed by atoms with Gasteiger partial charge in [0, 0.05) is 12.4 Å². The molecule has 2 aromatic rings. The number of anilines is 1. The first-order valence-corrected chi connectivity index (χ1v) is 7.80. The van der Waals surface area contributed by atoms with Crippen molar-refractivity contribution in [2.45, 2.75) is 37.0 Å². The second-order valence-electron chi connectivity index (χ2n) is 5.87. The Balaban J connectivity index is 1.93. The number of nitrogens with one attached hydrogen (secondary N) is 1. The zero-order valence-corrected chi connectivity index (χ0v) is 13.6. The number of aliphatic hydroxyl groups is 3. The number of carbonyl (C=O) groups excluding carboxylic acids is 2. The molecule has 1 aliphatic heterocycles. The van der Waals surface area contributed by atoms with Gasteiger partial charge in [0.2, 0.25) is 0 Å². The van der Waals surface area contributed by atoms with Gasteiger partial charge in [0.15, 0.2) is 23.2 Å². The van der Waals surface area contributed by atoms with Crippen LogP contribution >= 0.6 is 0 Å². The molecule has 0 bridgehead atoms. The molecule has 2 aromatic heterocycles. The highest BCUT2D eigenvalue weighted by atomic mass is 16.6. The van der Waals surface area contributed by atoms with Gasteiger partial charge in [0.25, 0.3) is 0 Å². The number of imidazole rings is 1. The van der Waals surface area contributed by atoms with Crippen LogP contribution in [0.1, 0.15) is 12.6 Å². The van der Waals surface area contributed by atoms with Crippen molar-refractivity contribution in [2.24, 2.45) is 0 Å². The van der Waals surface area contributed by atoms with Crippen LogP contribution in [0.15, 0.2) is 12.7 Å². The number of fused-ring (bicyclic) bond motifs is 1. The average Bonchev–Trinajstić information content (AvgIpc) is 3.16. The molecule has 146 valence electrons. The normalized spacial score (nSPS) is 26.2. The molecule has 13 nitrogen and oxygen atoms in total. The van der Waals surface area contributed by atoms with E-state index in [0.717, 1.165) is 6.33 Å². The van der Waals surface area contributed by atoms with Crippen LogP contribution in [0.5, 0.6) is 0 Å². The molecule has 0 spiro atoms. The first kappa shape index (κ1) is 18.9. The van der Waals surface area contributed by atoms with Crippen molar-refractivity contribution in [3.63, 3.8) is 0 Å². The summed E-state index contributed by atoms with van der Waals surface area (Å²) in [5, 5.41) is 53.4. The maximum Gasteiger partial charge on any atom is 0.167 e. The monoisotopic (exact) mass is 381 g/mol. The fourth-order valence-corrected chi connectivity index (χ4v) is 2.78. The van der Waals surface area contributed by atoms with Gasteiger partial charge in [-0.15, -0.1) is 0 Å². The predicted molar refractivity (Wildman–Crippen MR) is 80.4 cm³/mol. The molecule has 13 heteroatoms. The summed E-state index contributed by atoms with van der Waals surface area (Å²) >= 11 is 0. The number of aromatic nitrogens is 4. The molecule has 5 atom stereocenters. The quantitative estimate of drug-likeness (QED) is 0.356. The fourth-order valence-electron chi connectivity index (χ4n) is 2.78. The summed E-state index contributed by atoms with van der Waals surface area (Å²) in [7, 11) is 0. The second-order valence-corrected chi connectivity index (χ2v) is 5.87. The average molecular weight is 381 g/mol. The van der Waals surface area contributed by atoms with E-state index in [1.165, 1.54) is 10.9 Å². The molecular weight excluding hydrogens is 366 g/mol. The van der Waals surface area contributed by atoms with Crippen LogP contribution in [-0.2, 0) is 14.3 Å². The van der Waals surface area contributed by atoms with Crippen LogP contribution in [0.3, 0.4) is 0 Å². The third-order valence-electron chi connectivity index (χ3n) is 4.12. The Morgan fingerprint density at radius 2 is 2.00 bits per heavy atom. The van der Waals surface area contributed by atoms with Gasteiger partial charge in [0.05, 0.1) is 24.9 Å². The number of nitrogens with zero attached hydrogens (tertiary/aromatic N) is 4. The maximum absolute atomic E-state index is 11.1. The Morgan fingerprint density at radius 3 is 2.59 bits per heavy atom. The third kappa shape index (κ3) is 3.52. The Hall–Kier alpha value is -2.87. The van der Waals surface area contributed by atoms with E-state index in [1.54, 1.807) is 0 Å². The van der Waals surface area contributed by atoms with Crippen LogP contribution in [-0.4, -0.2) is 77.7 Å². The predicted octanol–water partition coefficient (Wildman–Crippen LogP) is -4.89. The van der Waals surface area contributed by atoms with E-state index < -0.39 is 55.5 Å². The van der Waals surface area contributed by atoms with E-state index in [9.17, 15) is 35.1 Å². The van der Waals surface area contributed by atoms with Crippen molar-refractivity contribution in [1.29, 1.82) is 0 Å². The van der Waals surface area contributed by atoms with E-state index in [4.69, 9.17) is 4.74 Å². The molecule has 1 unspecified atom stereocenters. The van der Waals surface area contributed by atoms with Crippen LogP contribution in [0.2, 0.25) is 0 Å². The molecule has 0 aromatic carbocycles. The van der Waals surface area contributed by atoms with Gasteiger partial charge in [-0.1, -0.05) is 0 Å². The highest BCUT2D eigenvalue weighted by molar-refractivity contribution is 5.87. The molecule has 1 aliphatic rings. The maximum atomic E-state index is 11.1. The number of rotatable bonds is 7. The molecule has 4 N–H and O–H groups in total. The molecule has 1 saturated heterocycles. The van der Waals surface area contributed by atoms with Gasteiger partial charge in [-0.2, -0.15) is 0 Å². The number of hydrogen-bond donors (Lipinski definition) is 4. The van der Waals surface area contributed by atoms with Gasteiger partial charge >= 0.3 is 0 Å². The van der Waals surface area contributed by atoms with Crippen molar-refractivity contribution in [3.05, 3.63) is 12.7 Å². The van der Waals surface area contributed by atoms with Crippen molar-refractivity contribution < 1.29 is 39.9 Å². The molecule has 27 heavy (non-hydrogen) atoms. The molecule has 3 rings (SSSR count). The lowest BCUT2D eigenvalue weighted by atomic mass is 10.1. The van der Waals surface area contributed by atoms with Crippen molar-refractivity contribution in [3.8, 4) is 0 Å². The number of hydrogen-bond acceptors (Lipinski definition) is 12. The van der Waals surface area contributed by atoms with Gasteiger partial charge in [-0.3, -0.25) is 4.57 Å². The molecular formula is C14H15N5O8-2. The zero-order valence-electron chi connectivity index (χ0n) is 13.6. The van der Waals surface area contributed by atoms with Crippen LogP contribution in [0.4, 0.5) is 5.82 Å². The minimum Gasteiger partial charge on any atom is -0.550 e. The number of aliphatic hydroxyl groups excluding tert-OH is 3. The highest BCUT2D eigenvalue weighted by Gasteiger charge is 2.44. The van der Waals surface area contributed by atoms with Crippen molar-refractivity contribution in [2.75, 3.05) is 11.9 Å². The number of carbonyl (C=O) groups is 2. The Bertz CT molecular complexity index is 857. The Kier molecular flexibility index (Phi) is 5.18. The topological polar surface area (TPSA) is 206 Å². The summed E-state index contributed by atoms with van der Waals surface area (Å²) in [5.74, 6) is -3.35. The Morgan fingerprint density at radius 1 is 1.26 bits per heavy atom. The molecule has 3 heterocycles. The molecule has 0 amide bonds. The molecule has 1 fully saturated rings. The lowest BCUT2D eigenvalue weighted by Gasteiger charge is -2.20. The highest BCUT2D eigenvalue weighted by Crippen LogP contribution is 2.32. The standard InChI is InChI=1S/C14H17N5O8/c20-2-6-9(23)10(24)13(27-6)19-4-17-8-11(15-3-16-12(8)19)18-5(14(25)26)1-7(21)22/h3-6,9-10,13,20,23-24H,1-2H2,(H,21,22)(H,25,26)(H,15,16,18)/p-2/t5?,6-,9-,10-,13-/m1/s1. The summed E-state index contributed by atoms with van der Waals surface area (Å²) in [5.41, 5.74) is 0.188. The Labute approximate surface area is 150 Å². The molecule has 0 saturated carbocycles. The molecule has 0 radical (unpaired) electrons. The third-order valence-corrected chi connectivity index (χ3v) is 4.12. The lowest BCUT2D eigenvalue weighted by molar-refractivity contribution is -0.316. The lowest BCUT2D eigenvalue weighted by Crippen LogP contribution is -2.44. The van der Waals surface area contributed by atoms with Crippen molar-refractivity contribution >= 4 is 28.9 Å². The SMILES string of the molecule is O=C([O-])CC(Nc1ncnc2c1ncn2[C@@H]1O[C@H](CO)[C@@H](O)[C@H]1O)C(=O)[O-]. The van der Waals surface area contributed by atoms with E-state index in [2.05, 4.69) is 20.3 Å². The van der Waals surface area contributed by atoms with Crippen LogP contribution < -0.4 is 15.5 Å². The summed E-state index contributed by atoms with van der Waals surface area (Å²) in [6, 6.07) is -1.62. The summed E-state index contributed by atoms with van der Waals surface area (Å²) < 4.78 is 6.68. The van der Waals surface area contributed by atoms with Gasteiger partial charge in [0.1, 0.15) is 24.6 Å². The van der Waals surface area contributed by atoms with E-state index in [0.29, 0.717) is 0 Å². The van der Waals surface area contributed by atoms with Gasteiger partial charge in [-0.25, -0.2) is 15.0 Å². The van der Waals surface area contributed by atoms with Gasteiger partial charge in [-0.05, 0) is 0 Å². The summed E-state index contributed by atoms with van der Waals surface area (Å²) in [4.78, 5) is 33.7. The summed E-state index contributed by atoms with van der Waals surface area (Å²) in [6.45, 7) is -0.514. The molecule has 0 aliphatic carbocycles. The smallest absolute Gasteiger partial charge is 0.167 e. The minimum atomic E-state index is -1.67. The largest absolute Gasteiger partial charge is 0.550 e. The first-order valence-electron chi connectivity index (χ1n) is 7.80. The van der Waals surface area contributed by atoms with E-state index in [-0.39, 0.29) is 17.0 Å². The van der Waals surface area contributed by atoms with E-state index in [1.807, 2.05) is 0 Å². The first-order chi connectivity index (χ1) is 12.8. The number of carboxylic acid groups (broad SMARTS) is 2. The van der Waals surface area contributed by atoms with Gasteiger partial charge < -0.3 is 45.2 Å². The van der Waals surface area contributed by atoms with Crippen LogP contribution in [0.25, 0.3) is 11.2 Å². The fraction of sp³-hybridized carbons (Fsp3) is 0.500. The number of aliphatic carboxylic acids is 2. The van der Waals surface area contributed by atoms with E-state index >= 15 is 0 Å². The summed E-state index contributed by atoms with van der Waals surface area (Å²) in [6.07, 6.45) is -3.39. The zero-order chi connectivity index (χ0) is 19.7. The van der Waals surface area contributed by atoms with Crippen LogP contribution in [0, 0.1) is 0 Å².